The molecule has 0 bridgehead atoms. The second-order valence-corrected chi connectivity index (χ2v) is 8.07. The third-order valence-corrected chi connectivity index (χ3v) is 6.28. The summed E-state index contributed by atoms with van der Waals surface area (Å²) < 4.78 is 0. The number of rotatable bonds is 3. The van der Waals surface area contributed by atoms with Crippen LogP contribution in [0.5, 0.6) is 0 Å². The summed E-state index contributed by atoms with van der Waals surface area (Å²) in [5, 5.41) is 8.93. The SMILES string of the molecule is O=C(N/N=C\c1c2ccccc2cc2ccccc12)C1c2ccccc2-c2ccccc21. The molecule has 5 aromatic rings. The first-order chi connectivity index (χ1) is 15.8. The predicted molar refractivity (Wildman–Crippen MR) is 131 cm³/mol. The van der Waals surface area contributed by atoms with Crippen molar-refractivity contribution in [3.63, 3.8) is 0 Å². The molecule has 3 nitrogen and oxygen atoms in total. The molecule has 5 aromatic carbocycles. The fourth-order valence-corrected chi connectivity index (χ4v) is 4.85. The van der Waals surface area contributed by atoms with Gasteiger partial charge in [0, 0.05) is 5.56 Å². The minimum Gasteiger partial charge on any atom is -0.272 e. The van der Waals surface area contributed by atoms with Crippen molar-refractivity contribution in [1.82, 2.24) is 5.43 Å². The van der Waals surface area contributed by atoms with E-state index >= 15 is 0 Å². The van der Waals surface area contributed by atoms with Gasteiger partial charge < -0.3 is 0 Å². The number of carbonyl (C=O) groups is 1. The molecule has 0 heterocycles. The molecule has 0 radical (unpaired) electrons. The number of benzene rings is 5. The quantitative estimate of drug-likeness (QED) is 0.212. The topological polar surface area (TPSA) is 41.5 Å². The molecule has 0 unspecified atom stereocenters. The van der Waals surface area contributed by atoms with E-state index in [0.717, 1.165) is 49.4 Å². The van der Waals surface area contributed by atoms with E-state index in [4.69, 9.17) is 0 Å². The summed E-state index contributed by atoms with van der Waals surface area (Å²) in [5.74, 6) is -0.480. The van der Waals surface area contributed by atoms with Gasteiger partial charge in [0.2, 0.25) is 0 Å². The fraction of sp³-hybridized carbons (Fsp3) is 0.0345. The van der Waals surface area contributed by atoms with Crippen LogP contribution in [0.1, 0.15) is 22.6 Å². The molecule has 152 valence electrons. The monoisotopic (exact) mass is 412 g/mol. The number of amides is 1. The van der Waals surface area contributed by atoms with Crippen LogP contribution >= 0.6 is 0 Å². The lowest BCUT2D eigenvalue weighted by molar-refractivity contribution is -0.121. The Morgan fingerprint density at radius 1 is 0.688 bits per heavy atom. The zero-order valence-corrected chi connectivity index (χ0v) is 17.3. The molecule has 3 heteroatoms. The number of carbonyl (C=O) groups excluding carboxylic acids is 1. The summed E-state index contributed by atoms with van der Waals surface area (Å²) >= 11 is 0. The van der Waals surface area contributed by atoms with Crippen molar-refractivity contribution in [2.45, 2.75) is 5.92 Å². The summed E-state index contributed by atoms with van der Waals surface area (Å²) in [7, 11) is 0. The second kappa shape index (κ2) is 7.47. The van der Waals surface area contributed by atoms with Crippen LogP contribution in [0.15, 0.2) is 108 Å². The van der Waals surface area contributed by atoms with E-state index in [0.29, 0.717) is 0 Å². The first-order valence-corrected chi connectivity index (χ1v) is 10.7. The van der Waals surface area contributed by atoms with Crippen molar-refractivity contribution in [2.24, 2.45) is 5.10 Å². The molecular weight excluding hydrogens is 392 g/mol. The minimum atomic E-state index is -0.358. The summed E-state index contributed by atoms with van der Waals surface area (Å²) in [6.07, 6.45) is 1.77. The minimum absolute atomic E-state index is 0.122. The maximum Gasteiger partial charge on any atom is 0.252 e. The number of hydrazone groups is 1. The Morgan fingerprint density at radius 3 is 1.78 bits per heavy atom. The highest BCUT2D eigenvalue weighted by Gasteiger charge is 2.33. The normalized spacial score (nSPS) is 12.9. The van der Waals surface area contributed by atoms with E-state index in [1.54, 1.807) is 6.21 Å². The number of hydrogen-bond donors (Lipinski definition) is 1. The molecule has 0 atom stereocenters. The second-order valence-electron chi connectivity index (χ2n) is 8.07. The first kappa shape index (κ1) is 18.5. The highest BCUT2D eigenvalue weighted by atomic mass is 16.2. The maximum absolute atomic E-state index is 13.3. The zero-order valence-electron chi connectivity index (χ0n) is 17.3. The summed E-state index contributed by atoms with van der Waals surface area (Å²) in [5.41, 5.74) is 8.11. The molecule has 0 spiro atoms. The van der Waals surface area contributed by atoms with Gasteiger partial charge in [-0.05, 0) is 49.9 Å². The molecule has 1 aliphatic carbocycles. The first-order valence-electron chi connectivity index (χ1n) is 10.7. The molecule has 0 saturated carbocycles. The Kier molecular flexibility index (Phi) is 4.32. The van der Waals surface area contributed by atoms with Gasteiger partial charge in [-0.2, -0.15) is 5.10 Å². The van der Waals surface area contributed by atoms with E-state index in [2.05, 4.69) is 53.0 Å². The molecule has 0 aromatic heterocycles. The van der Waals surface area contributed by atoms with Crippen LogP contribution in [0, 0.1) is 0 Å². The highest BCUT2D eigenvalue weighted by Crippen LogP contribution is 2.44. The molecule has 0 aliphatic heterocycles. The average Bonchev–Trinajstić information content (AvgIpc) is 3.18. The van der Waals surface area contributed by atoms with Crippen molar-refractivity contribution in [2.75, 3.05) is 0 Å². The smallest absolute Gasteiger partial charge is 0.252 e. The lowest BCUT2D eigenvalue weighted by atomic mass is 9.96. The Bertz CT molecular complexity index is 1430. The standard InChI is InChI=1S/C29H20N2O/c32-29(28-25-15-7-5-13-23(25)24-14-6-8-16-26(24)28)31-30-18-27-21-11-3-1-9-19(21)17-20-10-2-4-12-22(20)27/h1-18,28H,(H,31,32)/b30-18-. The van der Waals surface area contributed by atoms with Crippen LogP contribution in [0.2, 0.25) is 0 Å². The van der Waals surface area contributed by atoms with Crippen LogP contribution in [0.3, 0.4) is 0 Å². The van der Waals surface area contributed by atoms with E-state index < -0.39 is 0 Å². The summed E-state index contributed by atoms with van der Waals surface area (Å²) in [4.78, 5) is 13.3. The molecule has 1 aliphatic rings. The van der Waals surface area contributed by atoms with E-state index in [1.165, 1.54) is 0 Å². The van der Waals surface area contributed by atoms with Crippen molar-refractivity contribution >= 4 is 33.7 Å². The van der Waals surface area contributed by atoms with Gasteiger partial charge in [-0.3, -0.25) is 4.79 Å². The number of nitrogens with zero attached hydrogens (tertiary/aromatic N) is 1. The van der Waals surface area contributed by atoms with E-state index in [-0.39, 0.29) is 11.8 Å². The Labute approximate surface area is 186 Å². The van der Waals surface area contributed by atoms with Crippen LogP contribution in [-0.2, 0) is 4.79 Å². The van der Waals surface area contributed by atoms with Gasteiger partial charge in [-0.1, -0.05) is 97.1 Å². The third kappa shape index (κ3) is 2.90. The van der Waals surface area contributed by atoms with Crippen molar-refractivity contribution in [3.05, 3.63) is 120 Å². The molecule has 32 heavy (non-hydrogen) atoms. The van der Waals surface area contributed by atoms with Gasteiger partial charge in [-0.15, -0.1) is 0 Å². The maximum atomic E-state index is 13.3. The third-order valence-electron chi connectivity index (χ3n) is 6.28. The summed E-state index contributed by atoms with van der Waals surface area (Å²) in [6, 6.07) is 34.9. The predicted octanol–water partition coefficient (Wildman–Crippen LogP) is 6.26. The van der Waals surface area contributed by atoms with Gasteiger partial charge in [0.25, 0.3) is 5.91 Å². The lowest BCUT2D eigenvalue weighted by Gasteiger charge is -2.12. The van der Waals surface area contributed by atoms with Crippen molar-refractivity contribution in [1.29, 1.82) is 0 Å². The van der Waals surface area contributed by atoms with E-state index in [1.807, 2.05) is 60.7 Å². The van der Waals surface area contributed by atoms with Gasteiger partial charge >= 0.3 is 0 Å². The molecule has 0 saturated heterocycles. The van der Waals surface area contributed by atoms with Crippen LogP contribution in [0.4, 0.5) is 0 Å². The molecule has 0 fully saturated rings. The molecule has 1 amide bonds. The van der Waals surface area contributed by atoms with Gasteiger partial charge in [0.15, 0.2) is 0 Å². The Hall–Kier alpha value is -4.24. The number of fused-ring (bicyclic) bond motifs is 5. The van der Waals surface area contributed by atoms with Gasteiger partial charge in [-0.25, -0.2) is 5.43 Å². The highest BCUT2D eigenvalue weighted by molar-refractivity contribution is 6.13. The van der Waals surface area contributed by atoms with Gasteiger partial charge in [0.1, 0.15) is 0 Å². The van der Waals surface area contributed by atoms with Crippen LogP contribution in [0.25, 0.3) is 32.7 Å². The van der Waals surface area contributed by atoms with Crippen LogP contribution in [-0.4, -0.2) is 12.1 Å². The van der Waals surface area contributed by atoms with Crippen LogP contribution < -0.4 is 5.43 Å². The average molecular weight is 412 g/mol. The van der Waals surface area contributed by atoms with Crippen molar-refractivity contribution < 1.29 is 4.79 Å². The molecule has 1 N–H and O–H groups in total. The zero-order chi connectivity index (χ0) is 21.5. The van der Waals surface area contributed by atoms with E-state index in [9.17, 15) is 4.79 Å². The fourth-order valence-electron chi connectivity index (χ4n) is 4.85. The number of hydrogen-bond acceptors (Lipinski definition) is 2. The largest absolute Gasteiger partial charge is 0.272 e. The Balaban J connectivity index is 1.37. The lowest BCUT2D eigenvalue weighted by Crippen LogP contribution is -2.25. The molecule has 6 rings (SSSR count). The van der Waals surface area contributed by atoms with Crippen molar-refractivity contribution in [3.8, 4) is 11.1 Å². The number of nitrogens with one attached hydrogen (secondary N) is 1. The summed E-state index contributed by atoms with van der Waals surface area (Å²) in [6.45, 7) is 0. The molecular formula is C29H20N2O. The van der Waals surface area contributed by atoms with Gasteiger partial charge in [0.05, 0.1) is 12.1 Å². The Morgan fingerprint density at radius 2 is 1.19 bits per heavy atom.